The maximum Gasteiger partial charge on any atom is 0.223 e. The number of aromatic nitrogens is 2. The van der Waals surface area contributed by atoms with Crippen LogP contribution in [0.1, 0.15) is 55.5 Å². The van der Waals surface area contributed by atoms with Crippen molar-refractivity contribution in [2.75, 3.05) is 31.6 Å². The van der Waals surface area contributed by atoms with E-state index >= 15 is 0 Å². The number of carbonyl (C=O) groups is 1. The molecule has 1 aromatic carbocycles. The van der Waals surface area contributed by atoms with Gasteiger partial charge in [0.1, 0.15) is 5.01 Å². The van der Waals surface area contributed by atoms with Gasteiger partial charge in [-0.2, -0.15) is 4.37 Å². The number of benzene rings is 1. The van der Waals surface area contributed by atoms with Crippen molar-refractivity contribution in [1.29, 1.82) is 5.41 Å². The first-order chi connectivity index (χ1) is 15.0. The lowest BCUT2D eigenvalue weighted by atomic mass is 9.96. The molecule has 1 saturated carbocycles. The molecule has 0 atom stereocenters. The van der Waals surface area contributed by atoms with Crippen LogP contribution in [0.3, 0.4) is 0 Å². The quantitative estimate of drug-likeness (QED) is 0.638. The van der Waals surface area contributed by atoms with Crippen LogP contribution in [0.25, 0.3) is 11.4 Å². The highest BCUT2D eigenvalue weighted by molar-refractivity contribution is 7.05. The largest absolute Gasteiger partial charge is 0.377 e. The number of hydrogen-bond donors (Lipinski definition) is 2. The van der Waals surface area contributed by atoms with Gasteiger partial charge in [-0.1, -0.05) is 19.1 Å². The van der Waals surface area contributed by atoms with Crippen LogP contribution in [0.2, 0.25) is 0 Å². The zero-order valence-corrected chi connectivity index (χ0v) is 18.7. The van der Waals surface area contributed by atoms with Crippen LogP contribution in [0.15, 0.2) is 18.2 Å². The van der Waals surface area contributed by atoms with Crippen LogP contribution >= 0.6 is 11.5 Å². The molecule has 0 spiro atoms. The second-order valence-electron chi connectivity index (χ2n) is 9.42. The summed E-state index contributed by atoms with van der Waals surface area (Å²) in [5.74, 6) is 1.43. The average Bonchev–Trinajstić information content (AvgIpc) is 3.27. The summed E-state index contributed by atoms with van der Waals surface area (Å²) in [6.45, 7) is 5.25. The molecular formula is C23H29N5O2S. The summed E-state index contributed by atoms with van der Waals surface area (Å²) >= 11 is 1.48. The van der Waals surface area contributed by atoms with Crippen molar-refractivity contribution in [2.24, 2.45) is 5.41 Å². The highest BCUT2D eigenvalue weighted by atomic mass is 32.1. The molecule has 3 heterocycles. The molecule has 2 aromatic rings. The first kappa shape index (κ1) is 20.6. The zero-order valence-electron chi connectivity index (χ0n) is 17.9. The van der Waals surface area contributed by atoms with Gasteiger partial charge in [0.2, 0.25) is 5.91 Å². The van der Waals surface area contributed by atoms with Crippen molar-refractivity contribution in [3.8, 4) is 11.4 Å². The second kappa shape index (κ2) is 8.31. The summed E-state index contributed by atoms with van der Waals surface area (Å²) in [4.78, 5) is 19.4. The molecule has 31 heavy (non-hydrogen) atoms. The van der Waals surface area contributed by atoms with Crippen LogP contribution in [0.5, 0.6) is 0 Å². The summed E-state index contributed by atoms with van der Waals surface area (Å²) < 4.78 is 9.87. The molecule has 5 rings (SSSR count). The monoisotopic (exact) mass is 439 g/mol. The van der Waals surface area contributed by atoms with E-state index in [9.17, 15) is 4.79 Å². The number of ether oxygens (including phenoxy) is 1. The topological polar surface area (TPSA) is 91.2 Å². The maximum absolute atomic E-state index is 12.5. The molecule has 2 aliphatic heterocycles. The standard InChI is InChI=1S/C23H29N5O2S/c1-23(6-7-23)11-20(29)28-8-4-15(5-9-28)22-26-21(27-31-22)16-2-3-17(12-24)19(10-16)25-18-13-30-14-18/h2-3,10,12,15,18,24-25H,4-9,11,13-14H2,1H3. The summed E-state index contributed by atoms with van der Waals surface area (Å²) in [5, 5.41) is 12.2. The number of anilines is 1. The number of carbonyl (C=O) groups excluding carboxylic acids is 1. The van der Waals surface area contributed by atoms with Gasteiger partial charge in [-0.3, -0.25) is 4.79 Å². The van der Waals surface area contributed by atoms with Crippen molar-refractivity contribution in [1.82, 2.24) is 14.3 Å². The molecule has 2 saturated heterocycles. The summed E-state index contributed by atoms with van der Waals surface area (Å²) in [6, 6.07) is 6.25. The summed E-state index contributed by atoms with van der Waals surface area (Å²) in [6.07, 6.45) is 6.36. The maximum atomic E-state index is 12.5. The van der Waals surface area contributed by atoms with Gasteiger partial charge in [0.15, 0.2) is 5.82 Å². The Labute approximate surface area is 186 Å². The van der Waals surface area contributed by atoms with Crippen LogP contribution in [0.4, 0.5) is 5.69 Å². The number of hydrogen-bond acceptors (Lipinski definition) is 7. The van der Waals surface area contributed by atoms with E-state index in [-0.39, 0.29) is 5.41 Å². The van der Waals surface area contributed by atoms with Gasteiger partial charge in [-0.15, -0.1) is 0 Å². The zero-order chi connectivity index (χ0) is 21.4. The Kier molecular flexibility index (Phi) is 5.52. The minimum atomic E-state index is 0.273. The smallest absolute Gasteiger partial charge is 0.223 e. The third-order valence-electron chi connectivity index (χ3n) is 6.78. The van der Waals surface area contributed by atoms with Crippen LogP contribution in [-0.2, 0) is 9.53 Å². The molecule has 1 aliphatic carbocycles. The normalized spacial score (nSPS) is 20.9. The van der Waals surface area contributed by atoms with Gasteiger partial charge < -0.3 is 20.4 Å². The number of amides is 1. The molecule has 8 heteroatoms. The van der Waals surface area contributed by atoms with Gasteiger partial charge >= 0.3 is 0 Å². The Morgan fingerprint density at radius 2 is 2.13 bits per heavy atom. The SMILES string of the molecule is CC1(CC(=O)N2CCC(c3nc(-c4ccc(C=N)c(NC5COC5)c4)ns3)CC2)CC1. The lowest BCUT2D eigenvalue weighted by Gasteiger charge is -2.31. The Hall–Kier alpha value is -2.32. The molecule has 3 aliphatic rings. The highest BCUT2D eigenvalue weighted by Crippen LogP contribution is 2.48. The van der Waals surface area contributed by atoms with Gasteiger partial charge in [-0.25, -0.2) is 4.98 Å². The minimum Gasteiger partial charge on any atom is -0.377 e. The van der Waals surface area contributed by atoms with Crippen LogP contribution in [0, 0.1) is 10.8 Å². The van der Waals surface area contributed by atoms with E-state index in [2.05, 4.69) is 16.6 Å². The lowest BCUT2D eigenvalue weighted by molar-refractivity contribution is -0.133. The van der Waals surface area contributed by atoms with E-state index in [1.165, 1.54) is 30.6 Å². The minimum absolute atomic E-state index is 0.273. The van der Waals surface area contributed by atoms with E-state index < -0.39 is 0 Å². The molecule has 7 nitrogen and oxygen atoms in total. The fraction of sp³-hybridized carbons (Fsp3) is 0.565. The average molecular weight is 440 g/mol. The number of nitrogens with zero attached hydrogens (tertiary/aromatic N) is 3. The Balaban J connectivity index is 1.23. The summed E-state index contributed by atoms with van der Waals surface area (Å²) in [5.41, 5.74) is 3.01. The van der Waals surface area contributed by atoms with Gasteiger partial charge in [0.05, 0.1) is 19.3 Å². The molecule has 3 fully saturated rings. The predicted molar refractivity (Wildman–Crippen MR) is 122 cm³/mol. The van der Waals surface area contributed by atoms with Crippen molar-refractivity contribution in [2.45, 2.75) is 51.0 Å². The van der Waals surface area contributed by atoms with Crippen molar-refractivity contribution >= 4 is 29.3 Å². The van der Waals surface area contributed by atoms with Gasteiger partial charge in [0, 0.05) is 48.5 Å². The first-order valence-electron chi connectivity index (χ1n) is 11.1. The highest BCUT2D eigenvalue weighted by Gasteiger charge is 2.40. The van der Waals surface area contributed by atoms with E-state index in [0.717, 1.165) is 53.6 Å². The third kappa shape index (κ3) is 4.50. The lowest BCUT2D eigenvalue weighted by Crippen LogP contribution is -2.40. The van der Waals surface area contributed by atoms with E-state index in [0.29, 0.717) is 37.5 Å². The van der Waals surface area contributed by atoms with E-state index in [4.69, 9.17) is 15.1 Å². The number of likely N-dealkylation sites (tertiary alicyclic amines) is 1. The van der Waals surface area contributed by atoms with Gasteiger partial charge in [0.25, 0.3) is 0 Å². The van der Waals surface area contributed by atoms with Crippen molar-refractivity contribution in [3.63, 3.8) is 0 Å². The summed E-state index contributed by atoms with van der Waals surface area (Å²) in [7, 11) is 0. The number of rotatable bonds is 7. The van der Waals surface area contributed by atoms with Crippen molar-refractivity contribution < 1.29 is 9.53 Å². The number of piperidine rings is 1. The second-order valence-corrected chi connectivity index (χ2v) is 10.2. The van der Waals surface area contributed by atoms with Crippen LogP contribution in [-0.4, -0.2) is 58.7 Å². The third-order valence-corrected chi connectivity index (χ3v) is 7.66. The van der Waals surface area contributed by atoms with E-state index in [1.54, 1.807) is 0 Å². The molecule has 1 aromatic heterocycles. The van der Waals surface area contributed by atoms with Gasteiger partial charge in [-0.05, 0) is 48.7 Å². The molecule has 164 valence electrons. The molecule has 0 unspecified atom stereocenters. The number of nitrogens with one attached hydrogen (secondary N) is 2. The molecule has 1 amide bonds. The fourth-order valence-electron chi connectivity index (χ4n) is 4.25. The Bertz CT molecular complexity index is 974. The fourth-order valence-corrected chi connectivity index (χ4v) is 5.08. The molecular weight excluding hydrogens is 410 g/mol. The molecule has 2 N–H and O–H groups in total. The molecule has 0 bridgehead atoms. The van der Waals surface area contributed by atoms with Crippen LogP contribution < -0.4 is 5.32 Å². The molecule has 0 radical (unpaired) electrons. The predicted octanol–water partition coefficient (Wildman–Crippen LogP) is 3.91. The Morgan fingerprint density at radius 3 is 2.77 bits per heavy atom. The van der Waals surface area contributed by atoms with Crippen molar-refractivity contribution in [3.05, 3.63) is 28.8 Å². The van der Waals surface area contributed by atoms with E-state index in [1.807, 2.05) is 23.1 Å². The Morgan fingerprint density at radius 1 is 1.35 bits per heavy atom. The first-order valence-corrected chi connectivity index (χ1v) is 11.9.